The number of H-pyrrole nitrogens is 2. The Morgan fingerprint density at radius 3 is 2.76 bits per heavy atom. The summed E-state index contributed by atoms with van der Waals surface area (Å²) < 4.78 is 29.3. The van der Waals surface area contributed by atoms with E-state index in [0.717, 1.165) is 61.4 Å². The molecule has 1 aliphatic rings. The lowest BCUT2D eigenvalue weighted by Crippen LogP contribution is -2.24. The Morgan fingerprint density at radius 2 is 1.95 bits per heavy atom. The zero-order valence-electron chi connectivity index (χ0n) is 20.6. The Morgan fingerprint density at radius 1 is 1.03 bits per heavy atom. The Labute approximate surface area is 216 Å². The van der Waals surface area contributed by atoms with Crippen LogP contribution in [-0.4, -0.2) is 58.6 Å². The van der Waals surface area contributed by atoms with Crippen LogP contribution in [-0.2, 0) is 6.54 Å². The van der Waals surface area contributed by atoms with Gasteiger partial charge in [0.2, 0.25) is 0 Å². The van der Waals surface area contributed by atoms with Gasteiger partial charge >= 0.3 is 0 Å². The SMILES string of the molecule is Cc1cn(-c2cccc3[nH]c(-c4n[nH]c5cnc(-c6cncc(CN7CCC(F)(F)C7)c6)cc45)cc23)cn1. The molecular formula is C28H24F2N8. The number of likely N-dealkylation sites (tertiary alicyclic amines) is 1. The molecule has 0 atom stereocenters. The molecule has 6 aromatic rings. The standard InChI is InChI=1S/C28H24F2N8/c1-17-13-38(16-33-17)26-4-2-3-22-20(26)8-24(34-22)27-21-9-23(32-12-25(21)35-36-27)19-7-18(10-31-11-19)14-37-6-5-28(29,30)15-37/h2-4,7-13,16,34H,5-6,14-15H2,1H3,(H,35,36). The maximum Gasteiger partial charge on any atom is 0.261 e. The molecule has 0 radical (unpaired) electrons. The number of fused-ring (bicyclic) bond motifs is 2. The van der Waals surface area contributed by atoms with Crippen LogP contribution in [0.25, 0.3) is 50.1 Å². The van der Waals surface area contributed by atoms with Gasteiger partial charge in [0.1, 0.15) is 5.69 Å². The number of rotatable bonds is 5. The van der Waals surface area contributed by atoms with Crippen LogP contribution < -0.4 is 0 Å². The van der Waals surface area contributed by atoms with Crippen molar-refractivity contribution in [1.82, 2.24) is 39.6 Å². The zero-order valence-corrected chi connectivity index (χ0v) is 20.6. The lowest BCUT2D eigenvalue weighted by molar-refractivity contribution is 0.0115. The highest BCUT2D eigenvalue weighted by molar-refractivity contribution is 5.98. The van der Waals surface area contributed by atoms with E-state index < -0.39 is 5.92 Å². The molecule has 10 heteroatoms. The van der Waals surface area contributed by atoms with Crippen LogP contribution in [0.2, 0.25) is 0 Å². The Kier molecular flexibility index (Phi) is 5.12. The number of aryl methyl sites for hydroxylation is 1. The Bertz CT molecular complexity index is 1800. The van der Waals surface area contributed by atoms with Crippen LogP contribution >= 0.6 is 0 Å². The van der Waals surface area contributed by atoms with Gasteiger partial charge in [0, 0.05) is 60.0 Å². The van der Waals surface area contributed by atoms with Crippen molar-refractivity contribution in [3.05, 3.63) is 78.8 Å². The molecule has 1 saturated heterocycles. The maximum atomic E-state index is 13.6. The summed E-state index contributed by atoms with van der Waals surface area (Å²) in [4.78, 5) is 18.6. The van der Waals surface area contributed by atoms with Crippen LogP contribution in [0, 0.1) is 6.92 Å². The monoisotopic (exact) mass is 510 g/mol. The first-order valence-corrected chi connectivity index (χ1v) is 12.4. The van der Waals surface area contributed by atoms with Crippen molar-refractivity contribution in [3.63, 3.8) is 0 Å². The van der Waals surface area contributed by atoms with Crippen molar-refractivity contribution < 1.29 is 8.78 Å². The highest BCUT2D eigenvalue weighted by Gasteiger charge is 2.37. The summed E-state index contributed by atoms with van der Waals surface area (Å²) in [6.07, 6.45) is 8.96. The van der Waals surface area contributed by atoms with E-state index in [1.54, 1.807) is 23.5 Å². The topological polar surface area (TPSA) is 91.3 Å². The fourth-order valence-corrected chi connectivity index (χ4v) is 5.24. The van der Waals surface area contributed by atoms with Gasteiger partial charge in [0.05, 0.1) is 47.4 Å². The van der Waals surface area contributed by atoms with E-state index >= 15 is 0 Å². The number of hydrogen-bond acceptors (Lipinski definition) is 5. The molecule has 0 amide bonds. The van der Waals surface area contributed by atoms with Gasteiger partial charge in [-0.05, 0) is 42.8 Å². The molecule has 2 N–H and O–H groups in total. The number of hydrogen-bond donors (Lipinski definition) is 2. The molecule has 0 bridgehead atoms. The van der Waals surface area contributed by atoms with Crippen LogP contribution in [0.4, 0.5) is 8.78 Å². The minimum absolute atomic E-state index is 0.0984. The molecule has 1 fully saturated rings. The molecule has 6 heterocycles. The van der Waals surface area contributed by atoms with Gasteiger partial charge in [-0.1, -0.05) is 6.07 Å². The van der Waals surface area contributed by atoms with Crippen molar-refractivity contribution in [2.24, 2.45) is 0 Å². The number of benzene rings is 1. The maximum absolute atomic E-state index is 13.6. The number of aromatic nitrogens is 7. The highest BCUT2D eigenvalue weighted by atomic mass is 19.3. The van der Waals surface area contributed by atoms with Crippen molar-refractivity contribution >= 4 is 21.8 Å². The highest BCUT2D eigenvalue weighted by Crippen LogP contribution is 2.33. The zero-order chi connectivity index (χ0) is 25.9. The first-order chi connectivity index (χ1) is 18.4. The van der Waals surface area contributed by atoms with E-state index in [-0.39, 0.29) is 13.0 Å². The van der Waals surface area contributed by atoms with Gasteiger partial charge in [0.25, 0.3) is 5.92 Å². The second-order valence-corrected chi connectivity index (χ2v) is 9.93. The van der Waals surface area contributed by atoms with Crippen molar-refractivity contribution in [3.8, 4) is 28.3 Å². The summed E-state index contributed by atoms with van der Waals surface area (Å²) >= 11 is 0. The first kappa shape index (κ1) is 22.7. The molecule has 8 nitrogen and oxygen atoms in total. The van der Waals surface area contributed by atoms with Crippen LogP contribution in [0.3, 0.4) is 0 Å². The van der Waals surface area contributed by atoms with Crippen LogP contribution in [0.15, 0.2) is 67.5 Å². The predicted octanol–water partition coefficient (Wildman–Crippen LogP) is 5.50. The minimum Gasteiger partial charge on any atom is -0.353 e. The van der Waals surface area contributed by atoms with Crippen molar-refractivity contribution in [2.45, 2.75) is 25.8 Å². The van der Waals surface area contributed by atoms with E-state index in [1.807, 2.05) is 48.3 Å². The molecule has 1 aromatic carbocycles. The van der Waals surface area contributed by atoms with Crippen LogP contribution in [0.5, 0.6) is 0 Å². The summed E-state index contributed by atoms with van der Waals surface area (Å²) in [7, 11) is 0. The van der Waals surface area contributed by atoms with Crippen molar-refractivity contribution in [1.29, 1.82) is 0 Å². The van der Waals surface area contributed by atoms with E-state index in [2.05, 4.69) is 42.3 Å². The fourth-order valence-electron chi connectivity index (χ4n) is 5.24. The predicted molar refractivity (Wildman–Crippen MR) is 141 cm³/mol. The fraction of sp³-hybridized carbons (Fsp3) is 0.214. The number of nitrogens with one attached hydrogen (secondary N) is 2. The number of alkyl halides is 2. The van der Waals surface area contributed by atoms with E-state index in [1.165, 1.54) is 0 Å². The number of imidazole rings is 1. The summed E-state index contributed by atoms with van der Waals surface area (Å²) in [5.74, 6) is -2.61. The largest absolute Gasteiger partial charge is 0.353 e. The van der Waals surface area contributed by atoms with Gasteiger partial charge in [-0.15, -0.1) is 0 Å². The average molecular weight is 511 g/mol. The van der Waals surface area contributed by atoms with E-state index in [4.69, 9.17) is 0 Å². The Balaban J connectivity index is 1.24. The molecule has 5 aromatic heterocycles. The normalized spacial score (nSPS) is 15.7. The minimum atomic E-state index is -2.61. The van der Waals surface area contributed by atoms with Gasteiger partial charge in [0.15, 0.2) is 0 Å². The molecule has 190 valence electrons. The van der Waals surface area contributed by atoms with Gasteiger partial charge < -0.3 is 9.55 Å². The third-order valence-corrected chi connectivity index (χ3v) is 7.08. The second-order valence-electron chi connectivity index (χ2n) is 9.93. The molecule has 1 aliphatic heterocycles. The first-order valence-electron chi connectivity index (χ1n) is 12.4. The average Bonchev–Trinajstić information content (AvgIpc) is 3.69. The summed E-state index contributed by atoms with van der Waals surface area (Å²) in [5, 5.41) is 9.67. The van der Waals surface area contributed by atoms with E-state index in [9.17, 15) is 8.78 Å². The summed E-state index contributed by atoms with van der Waals surface area (Å²) in [6.45, 7) is 2.57. The van der Waals surface area contributed by atoms with Crippen molar-refractivity contribution in [2.75, 3.05) is 13.1 Å². The molecule has 0 saturated carbocycles. The summed E-state index contributed by atoms with van der Waals surface area (Å²) in [6, 6.07) is 12.2. The van der Waals surface area contributed by atoms with E-state index in [0.29, 0.717) is 13.1 Å². The number of aromatic amines is 2. The number of nitrogens with zero attached hydrogens (tertiary/aromatic N) is 6. The number of pyridine rings is 2. The van der Waals surface area contributed by atoms with Gasteiger partial charge in [-0.2, -0.15) is 5.10 Å². The lowest BCUT2D eigenvalue weighted by Gasteiger charge is -2.15. The smallest absolute Gasteiger partial charge is 0.261 e. The molecule has 0 aliphatic carbocycles. The number of halogens is 2. The lowest BCUT2D eigenvalue weighted by atomic mass is 10.1. The summed E-state index contributed by atoms with van der Waals surface area (Å²) in [5.41, 5.74) is 7.93. The molecule has 7 rings (SSSR count). The van der Waals surface area contributed by atoms with Gasteiger partial charge in [-0.25, -0.2) is 13.8 Å². The molecule has 38 heavy (non-hydrogen) atoms. The van der Waals surface area contributed by atoms with Crippen LogP contribution in [0.1, 0.15) is 17.7 Å². The molecule has 0 unspecified atom stereocenters. The molecular weight excluding hydrogens is 486 g/mol. The second kappa shape index (κ2) is 8.56. The van der Waals surface area contributed by atoms with Gasteiger partial charge in [-0.3, -0.25) is 20.0 Å². The Hall–Kier alpha value is -4.44. The third-order valence-electron chi connectivity index (χ3n) is 7.08. The third kappa shape index (κ3) is 4.03. The molecule has 0 spiro atoms. The quantitative estimate of drug-likeness (QED) is 0.319.